The highest BCUT2D eigenvalue weighted by Crippen LogP contribution is 2.29. The number of alkyl halides is 3. The van der Waals surface area contributed by atoms with Gasteiger partial charge < -0.3 is 15.5 Å². The predicted molar refractivity (Wildman–Crippen MR) is 109 cm³/mol. The molecule has 8 nitrogen and oxygen atoms in total. The molecule has 2 aliphatic heterocycles. The molecule has 2 aliphatic rings. The van der Waals surface area contributed by atoms with E-state index in [-0.39, 0.29) is 32.0 Å². The Hall–Kier alpha value is -2.08. The fourth-order valence-corrected chi connectivity index (χ4v) is 4.60. The summed E-state index contributed by atoms with van der Waals surface area (Å²) >= 11 is 0. The van der Waals surface area contributed by atoms with Crippen LogP contribution in [-0.4, -0.2) is 68.4 Å². The fraction of sp³-hybridized carbons (Fsp3) is 0.667. The molecule has 3 heterocycles. The SMILES string of the molecule is CN=C(NCc1ccc(N2CCCC2)nc1)NC1CCN(S(=O)(=O)C(F)(F)F)CC1. The molecule has 0 unspecified atom stereocenters. The van der Waals surface area contributed by atoms with E-state index in [1.54, 1.807) is 7.05 Å². The number of hydrogen-bond donors (Lipinski definition) is 2. The molecule has 2 saturated heterocycles. The predicted octanol–water partition coefficient (Wildman–Crippen LogP) is 1.66. The number of pyridine rings is 1. The lowest BCUT2D eigenvalue weighted by molar-refractivity contribution is -0.0494. The van der Waals surface area contributed by atoms with Crippen molar-refractivity contribution in [2.45, 2.75) is 43.8 Å². The average molecular weight is 449 g/mol. The highest BCUT2D eigenvalue weighted by atomic mass is 32.2. The van der Waals surface area contributed by atoms with Crippen molar-refractivity contribution in [1.29, 1.82) is 0 Å². The molecular weight excluding hydrogens is 421 g/mol. The van der Waals surface area contributed by atoms with Crippen molar-refractivity contribution in [2.75, 3.05) is 38.1 Å². The van der Waals surface area contributed by atoms with Crippen molar-refractivity contribution < 1.29 is 21.6 Å². The van der Waals surface area contributed by atoms with Crippen molar-refractivity contribution in [3.63, 3.8) is 0 Å². The van der Waals surface area contributed by atoms with E-state index in [1.165, 1.54) is 12.8 Å². The van der Waals surface area contributed by atoms with Gasteiger partial charge in [-0.1, -0.05) is 6.07 Å². The molecule has 30 heavy (non-hydrogen) atoms. The van der Waals surface area contributed by atoms with Crippen LogP contribution < -0.4 is 15.5 Å². The summed E-state index contributed by atoms with van der Waals surface area (Å²) in [6, 6.07) is 3.84. The summed E-state index contributed by atoms with van der Waals surface area (Å²) in [4.78, 5) is 10.9. The summed E-state index contributed by atoms with van der Waals surface area (Å²) in [7, 11) is -3.66. The van der Waals surface area contributed by atoms with Crippen LogP contribution in [0.4, 0.5) is 19.0 Å². The number of hydrogen-bond acceptors (Lipinski definition) is 5. The van der Waals surface area contributed by atoms with Crippen molar-refractivity contribution in [1.82, 2.24) is 19.9 Å². The van der Waals surface area contributed by atoms with E-state index in [0.29, 0.717) is 16.8 Å². The monoisotopic (exact) mass is 448 g/mol. The normalized spacial score (nSPS) is 19.9. The Bertz CT molecular complexity index is 830. The number of guanidine groups is 1. The van der Waals surface area contributed by atoms with Gasteiger partial charge in [0.05, 0.1) is 0 Å². The van der Waals surface area contributed by atoms with Crippen LogP contribution in [-0.2, 0) is 16.6 Å². The first kappa shape index (κ1) is 22.6. The van der Waals surface area contributed by atoms with Crippen molar-refractivity contribution >= 4 is 21.8 Å². The van der Waals surface area contributed by atoms with Crippen LogP contribution >= 0.6 is 0 Å². The van der Waals surface area contributed by atoms with Gasteiger partial charge in [0, 0.05) is 52.0 Å². The standard InChI is InChI=1S/C18H27F3N6O2S/c1-22-17(24-13-14-4-5-16(23-12-14)26-8-2-3-9-26)25-15-6-10-27(11-7-15)30(28,29)18(19,20)21/h4-5,12,15H,2-3,6-11,13H2,1H3,(H2,22,24,25). The Morgan fingerprint density at radius 2 is 1.87 bits per heavy atom. The van der Waals surface area contributed by atoms with Crippen LogP contribution in [0.25, 0.3) is 0 Å². The van der Waals surface area contributed by atoms with E-state index >= 15 is 0 Å². The molecule has 0 atom stereocenters. The van der Waals surface area contributed by atoms with Gasteiger partial charge in [0.1, 0.15) is 5.82 Å². The number of nitrogens with zero attached hydrogens (tertiary/aromatic N) is 4. The van der Waals surface area contributed by atoms with E-state index in [9.17, 15) is 21.6 Å². The first-order chi connectivity index (χ1) is 14.2. The molecule has 0 spiro atoms. The van der Waals surface area contributed by atoms with Crippen LogP contribution in [0.3, 0.4) is 0 Å². The lowest BCUT2D eigenvalue weighted by Crippen LogP contribution is -2.51. The maximum Gasteiger partial charge on any atom is 0.511 e. The molecule has 0 bridgehead atoms. The number of halogens is 3. The molecule has 1 aromatic heterocycles. The lowest BCUT2D eigenvalue weighted by Gasteiger charge is -2.32. The molecule has 0 saturated carbocycles. The Morgan fingerprint density at radius 1 is 1.20 bits per heavy atom. The summed E-state index contributed by atoms with van der Waals surface area (Å²) in [5.74, 6) is 1.48. The zero-order valence-corrected chi connectivity index (χ0v) is 17.6. The third kappa shape index (κ3) is 5.34. The lowest BCUT2D eigenvalue weighted by atomic mass is 10.1. The molecular formula is C18H27F3N6O2S. The largest absolute Gasteiger partial charge is 0.511 e. The summed E-state index contributed by atoms with van der Waals surface area (Å²) in [5.41, 5.74) is -4.28. The second-order valence-corrected chi connectivity index (χ2v) is 9.34. The quantitative estimate of drug-likeness (QED) is 0.526. The highest BCUT2D eigenvalue weighted by molar-refractivity contribution is 7.90. The van der Waals surface area contributed by atoms with Crippen molar-refractivity contribution in [2.24, 2.45) is 4.99 Å². The number of sulfonamides is 1. The van der Waals surface area contributed by atoms with E-state index < -0.39 is 15.5 Å². The van der Waals surface area contributed by atoms with Gasteiger partial charge in [0.2, 0.25) is 0 Å². The summed E-state index contributed by atoms with van der Waals surface area (Å²) in [5, 5.41) is 6.31. The summed E-state index contributed by atoms with van der Waals surface area (Å²) < 4.78 is 61.5. The average Bonchev–Trinajstić information content (AvgIpc) is 3.26. The molecule has 3 rings (SSSR count). The maximum absolute atomic E-state index is 12.7. The number of anilines is 1. The molecule has 0 radical (unpaired) electrons. The fourth-order valence-electron chi connectivity index (χ4n) is 3.62. The van der Waals surface area contributed by atoms with E-state index in [0.717, 1.165) is 24.5 Å². The van der Waals surface area contributed by atoms with Crippen LogP contribution in [0, 0.1) is 0 Å². The zero-order valence-electron chi connectivity index (χ0n) is 16.8. The van der Waals surface area contributed by atoms with Gasteiger partial charge in [-0.3, -0.25) is 4.99 Å². The Kier molecular flexibility index (Phi) is 7.06. The van der Waals surface area contributed by atoms with Gasteiger partial charge in [-0.25, -0.2) is 13.4 Å². The van der Waals surface area contributed by atoms with Gasteiger partial charge in [-0.2, -0.15) is 17.5 Å². The van der Waals surface area contributed by atoms with Gasteiger partial charge in [0.15, 0.2) is 5.96 Å². The second-order valence-electron chi connectivity index (χ2n) is 7.41. The molecule has 12 heteroatoms. The molecule has 1 aromatic rings. The first-order valence-electron chi connectivity index (χ1n) is 9.94. The Morgan fingerprint density at radius 3 is 2.40 bits per heavy atom. The minimum atomic E-state index is -5.26. The maximum atomic E-state index is 12.7. The van der Waals surface area contributed by atoms with Crippen LogP contribution in [0.1, 0.15) is 31.2 Å². The number of rotatable bonds is 5. The second kappa shape index (κ2) is 9.38. The van der Waals surface area contributed by atoms with E-state index in [4.69, 9.17) is 0 Å². The third-order valence-corrected chi connectivity index (χ3v) is 6.98. The number of aromatic nitrogens is 1. The topological polar surface area (TPSA) is 89.9 Å². The number of piperidine rings is 1. The Balaban J connectivity index is 1.46. The molecule has 0 aliphatic carbocycles. The number of aliphatic imine (C=N–C) groups is 1. The minimum Gasteiger partial charge on any atom is -0.357 e. The van der Waals surface area contributed by atoms with Gasteiger partial charge >= 0.3 is 15.5 Å². The van der Waals surface area contributed by atoms with E-state index in [1.807, 2.05) is 18.3 Å². The molecule has 168 valence electrons. The molecule has 0 aromatic carbocycles. The van der Waals surface area contributed by atoms with Crippen molar-refractivity contribution in [3.8, 4) is 0 Å². The van der Waals surface area contributed by atoms with E-state index in [2.05, 4.69) is 25.5 Å². The number of nitrogens with one attached hydrogen (secondary N) is 2. The minimum absolute atomic E-state index is 0.161. The zero-order chi connectivity index (χ0) is 21.8. The van der Waals surface area contributed by atoms with Gasteiger partial charge in [-0.15, -0.1) is 0 Å². The smallest absolute Gasteiger partial charge is 0.357 e. The third-order valence-electron chi connectivity index (χ3n) is 5.35. The summed E-state index contributed by atoms with van der Waals surface area (Å²) in [6.45, 7) is 2.19. The van der Waals surface area contributed by atoms with Crippen LogP contribution in [0.2, 0.25) is 0 Å². The summed E-state index contributed by atoms with van der Waals surface area (Å²) in [6.07, 6.45) is 4.72. The molecule has 0 amide bonds. The van der Waals surface area contributed by atoms with Crippen LogP contribution in [0.15, 0.2) is 23.3 Å². The Labute approximate surface area is 174 Å². The molecule has 2 fully saturated rings. The first-order valence-corrected chi connectivity index (χ1v) is 11.4. The molecule has 2 N–H and O–H groups in total. The van der Waals surface area contributed by atoms with Gasteiger partial charge in [-0.05, 0) is 37.3 Å². The van der Waals surface area contributed by atoms with Crippen molar-refractivity contribution in [3.05, 3.63) is 23.9 Å². The highest BCUT2D eigenvalue weighted by Gasteiger charge is 2.50. The van der Waals surface area contributed by atoms with Crippen LogP contribution in [0.5, 0.6) is 0 Å². The van der Waals surface area contributed by atoms with Gasteiger partial charge in [0.25, 0.3) is 0 Å².